The zero-order valence-electron chi connectivity index (χ0n) is 11.4. The summed E-state index contributed by atoms with van der Waals surface area (Å²) in [7, 11) is 0. The molecule has 0 aliphatic rings. The smallest absolute Gasteiger partial charge is 0.277 e. The number of aromatic nitrogens is 1. The molecular formula is C15H14BrN3O2. The maximum atomic E-state index is 11.7. The molecule has 0 aliphatic heterocycles. The minimum Gasteiger partial charge on any atom is -0.484 e. The quantitative estimate of drug-likeness (QED) is 0.668. The van der Waals surface area contributed by atoms with Gasteiger partial charge in [-0.15, -0.1) is 0 Å². The molecule has 1 heterocycles. The highest BCUT2D eigenvalue weighted by atomic mass is 79.9. The average molecular weight is 348 g/mol. The van der Waals surface area contributed by atoms with Crippen molar-refractivity contribution in [1.29, 1.82) is 0 Å². The molecule has 1 aromatic carbocycles. The fourth-order valence-electron chi connectivity index (χ4n) is 1.52. The summed E-state index contributed by atoms with van der Waals surface area (Å²) in [5, 5.41) is 3.99. The van der Waals surface area contributed by atoms with E-state index in [1.54, 1.807) is 25.3 Å². The minimum atomic E-state index is -0.328. The third-order valence-electron chi connectivity index (χ3n) is 2.55. The van der Waals surface area contributed by atoms with E-state index in [2.05, 4.69) is 31.4 Å². The second-order valence-electron chi connectivity index (χ2n) is 4.19. The predicted octanol–water partition coefficient (Wildman–Crippen LogP) is 2.76. The molecule has 0 saturated heterocycles. The van der Waals surface area contributed by atoms with Gasteiger partial charge in [-0.05, 0) is 37.3 Å². The molecular weight excluding hydrogens is 334 g/mol. The molecule has 0 radical (unpaired) electrons. The monoisotopic (exact) mass is 347 g/mol. The lowest BCUT2D eigenvalue weighted by Gasteiger charge is -2.06. The predicted molar refractivity (Wildman–Crippen MR) is 84.2 cm³/mol. The fourth-order valence-corrected chi connectivity index (χ4v) is 1.90. The third kappa shape index (κ3) is 5.00. The van der Waals surface area contributed by atoms with Gasteiger partial charge in [0.2, 0.25) is 0 Å². The Bertz CT molecular complexity index is 644. The molecule has 1 amide bonds. The standard InChI is InChI=1S/C15H14BrN3O2/c1-11(14-7-2-3-8-17-14)18-19-15(20)10-21-13-6-4-5-12(16)9-13/h2-9H,10H2,1H3,(H,19,20). The maximum Gasteiger partial charge on any atom is 0.277 e. The number of hydrazone groups is 1. The fraction of sp³-hybridized carbons (Fsp3) is 0.133. The van der Waals surface area contributed by atoms with E-state index in [9.17, 15) is 4.79 Å². The summed E-state index contributed by atoms with van der Waals surface area (Å²) < 4.78 is 6.25. The van der Waals surface area contributed by atoms with E-state index in [1.165, 1.54) is 0 Å². The zero-order chi connectivity index (χ0) is 15.1. The average Bonchev–Trinajstić information content (AvgIpc) is 2.51. The van der Waals surface area contributed by atoms with Crippen LogP contribution in [0.15, 0.2) is 58.2 Å². The van der Waals surface area contributed by atoms with Gasteiger partial charge in [0.1, 0.15) is 5.75 Å². The van der Waals surface area contributed by atoms with Crippen LogP contribution in [0.2, 0.25) is 0 Å². The SMILES string of the molecule is CC(=NNC(=O)COc1cccc(Br)c1)c1ccccn1. The first-order chi connectivity index (χ1) is 10.1. The Morgan fingerprint density at radius 3 is 2.90 bits per heavy atom. The van der Waals surface area contributed by atoms with Crippen LogP contribution in [0.1, 0.15) is 12.6 Å². The van der Waals surface area contributed by atoms with E-state index in [-0.39, 0.29) is 12.5 Å². The molecule has 0 saturated carbocycles. The lowest BCUT2D eigenvalue weighted by atomic mass is 10.3. The first kappa shape index (κ1) is 15.2. The van der Waals surface area contributed by atoms with Crippen LogP contribution < -0.4 is 10.2 Å². The number of hydrogen-bond acceptors (Lipinski definition) is 4. The van der Waals surface area contributed by atoms with Gasteiger partial charge in [-0.3, -0.25) is 9.78 Å². The molecule has 108 valence electrons. The second kappa shape index (κ2) is 7.54. The number of carbonyl (C=O) groups excluding carboxylic acids is 1. The Morgan fingerprint density at radius 2 is 2.19 bits per heavy atom. The number of nitrogens with zero attached hydrogens (tertiary/aromatic N) is 2. The highest BCUT2D eigenvalue weighted by molar-refractivity contribution is 9.10. The highest BCUT2D eigenvalue weighted by Gasteiger charge is 2.03. The number of carbonyl (C=O) groups is 1. The lowest BCUT2D eigenvalue weighted by Crippen LogP contribution is -2.25. The van der Waals surface area contributed by atoms with Gasteiger partial charge in [0.25, 0.3) is 5.91 Å². The van der Waals surface area contributed by atoms with Crippen molar-refractivity contribution < 1.29 is 9.53 Å². The number of hydrogen-bond donors (Lipinski definition) is 1. The van der Waals surface area contributed by atoms with Gasteiger partial charge in [-0.1, -0.05) is 28.1 Å². The van der Waals surface area contributed by atoms with Gasteiger partial charge in [-0.2, -0.15) is 5.10 Å². The van der Waals surface area contributed by atoms with Gasteiger partial charge >= 0.3 is 0 Å². The number of nitrogens with one attached hydrogen (secondary N) is 1. The minimum absolute atomic E-state index is 0.102. The summed E-state index contributed by atoms with van der Waals surface area (Å²) in [4.78, 5) is 15.8. The normalized spacial score (nSPS) is 11.0. The van der Waals surface area contributed by atoms with Crippen LogP contribution in [0.5, 0.6) is 5.75 Å². The van der Waals surface area contributed by atoms with Gasteiger partial charge in [0.15, 0.2) is 6.61 Å². The number of halogens is 1. The molecule has 1 N–H and O–H groups in total. The molecule has 2 aromatic rings. The van der Waals surface area contributed by atoms with E-state index in [1.807, 2.05) is 30.3 Å². The van der Waals surface area contributed by atoms with Gasteiger partial charge in [-0.25, -0.2) is 5.43 Å². The molecule has 0 unspecified atom stereocenters. The van der Waals surface area contributed by atoms with Crippen LogP contribution >= 0.6 is 15.9 Å². The van der Waals surface area contributed by atoms with E-state index in [0.717, 1.165) is 4.47 Å². The Labute approximate surface area is 131 Å². The summed E-state index contributed by atoms with van der Waals surface area (Å²) >= 11 is 3.34. The molecule has 0 atom stereocenters. The van der Waals surface area contributed by atoms with Crippen molar-refractivity contribution in [1.82, 2.24) is 10.4 Å². The Morgan fingerprint density at radius 1 is 1.33 bits per heavy atom. The topological polar surface area (TPSA) is 63.6 Å². The van der Waals surface area contributed by atoms with Crippen LogP contribution in [-0.2, 0) is 4.79 Å². The highest BCUT2D eigenvalue weighted by Crippen LogP contribution is 2.17. The van der Waals surface area contributed by atoms with E-state index in [0.29, 0.717) is 17.2 Å². The molecule has 5 nitrogen and oxygen atoms in total. The van der Waals surface area contributed by atoms with Gasteiger partial charge in [0, 0.05) is 10.7 Å². The van der Waals surface area contributed by atoms with Crippen molar-refractivity contribution in [3.63, 3.8) is 0 Å². The van der Waals surface area contributed by atoms with Crippen molar-refractivity contribution in [3.05, 3.63) is 58.8 Å². The first-order valence-electron chi connectivity index (χ1n) is 6.28. The second-order valence-corrected chi connectivity index (χ2v) is 5.11. The van der Waals surface area contributed by atoms with Crippen LogP contribution in [0.4, 0.5) is 0 Å². The number of rotatable bonds is 5. The van der Waals surface area contributed by atoms with Crippen molar-refractivity contribution in [2.45, 2.75) is 6.92 Å². The number of benzene rings is 1. The van der Waals surface area contributed by atoms with E-state index in [4.69, 9.17) is 4.74 Å². The number of ether oxygens (including phenoxy) is 1. The Hall–Kier alpha value is -2.21. The van der Waals surface area contributed by atoms with Crippen molar-refractivity contribution >= 4 is 27.5 Å². The summed E-state index contributed by atoms with van der Waals surface area (Å²) in [6.45, 7) is 1.67. The maximum absolute atomic E-state index is 11.7. The molecule has 0 bridgehead atoms. The largest absolute Gasteiger partial charge is 0.484 e. The van der Waals surface area contributed by atoms with Gasteiger partial charge in [0.05, 0.1) is 11.4 Å². The summed E-state index contributed by atoms with van der Waals surface area (Å²) in [5.41, 5.74) is 3.78. The summed E-state index contributed by atoms with van der Waals surface area (Å²) in [6.07, 6.45) is 1.67. The summed E-state index contributed by atoms with van der Waals surface area (Å²) in [5.74, 6) is 0.287. The molecule has 6 heteroatoms. The van der Waals surface area contributed by atoms with Crippen molar-refractivity contribution in [2.75, 3.05) is 6.61 Å². The molecule has 0 fully saturated rings. The molecule has 21 heavy (non-hydrogen) atoms. The molecule has 0 spiro atoms. The Kier molecular flexibility index (Phi) is 5.45. The number of amides is 1. The zero-order valence-corrected chi connectivity index (χ0v) is 13.0. The molecule has 0 aliphatic carbocycles. The van der Waals surface area contributed by atoms with Crippen molar-refractivity contribution in [3.8, 4) is 5.75 Å². The van der Waals surface area contributed by atoms with Crippen LogP contribution in [-0.4, -0.2) is 23.2 Å². The van der Waals surface area contributed by atoms with E-state index < -0.39 is 0 Å². The first-order valence-corrected chi connectivity index (χ1v) is 7.07. The number of pyridine rings is 1. The third-order valence-corrected chi connectivity index (χ3v) is 3.04. The lowest BCUT2D eigenvalue weighted by molar-refractivity contribution is -0.123. The van der Waals surface area contributed by atoms with Crippen LogP contribution in [0, 0.1) is 0 Å². The summed E-state index contributed by atoms with van der Waals surface area (Å²) in [6, 6.07) is 12.8. The van der Waals surface area contributed by atoms with E-state index >= 15 is 0 Å². The Balaban J connectivity index is 1.85. The van der Waals surface area contributed by atoms with Crippen LogP contribution in [0.3, 0.4) is 0 Å². The molecule has 1 aromatic heterocycles. The van der Waals surface area contributed by atoms with Gasteiger partial charge < -0.3 is 4.74 Å². The van der Waals surface area contributed by atoms with Crippen molar-refractivity contribution in [2.24, 2.45) is 5.10 Å². The molecule has 2 rings (SSSR count). The van der Waals surface area contributed by atoms with Crippen LogP contribution in [0.25, 0.3) is 0 Å².